The summed E-state index contributed by atoms with van der Waals surface area (Å²) >= 11 is 0. The van der Waals surface area contributed by atoms with Gasteiger partial charge in [-0.05, 0) is 61.4 Å². The van der Waals surface area contributed by atoms with E-state index in [4.69, 9.17) is 4.74 Å². The fourth-order valence-corrected chi connectivity index (χ4v) is 4.96. The summed E-state index contributed by atoms with van der Waals surface area (Å²) in [6, 6.07) is 15.4. The molecule has 0 saturated carbocycles. The van der Waals surface area contributed by atoms with Crippen LogP contribution in [0.5, 0.6) is 0 Å². The van der Waals surface area contributed by atoms with E-state index in [1.807, 2.05) is 50.2 Å². The maximum atomic E-state index is 13.0. The van der Waals surface area contributed by atoms with Gasteiger partial charge in [0.25, 0.3) is 0 Å². The molecule has 0 spiro atoms. The van der Waals surface area contributed by atoms with Gasteiger partial charge in [-0.3, -0.25) is 0 Å². The van der Waals surface area contributed by atoms with Crippen LogP contribution in [0.4, 0.5) is 0 Å². The monoisotopic (exact) mass is 373 g/mol. The molecule has 0 amide bonds. The quantitative estimate of drug-likeness (QED) is 0.771. The molecule has 140 valence electrons. The molecule has 0 aromatic heterocycles. The minimum Gasteiger partial charge on any atom is -0.376 e. The van der Waals surface area contributed by atoms with Gasteiger partial charge in [0.15, 0.2) is 0 Å². The molecule has 1 aliphatic heterocycles. The highest BCUT2D eigenvalue weighted by Crippen LogP contribution is 2.25. The van der Waals surface area contributed by atoms with E-state index < -0.39 is 10.0 Å². The third-order valence-electron chi connectivity index (χ3n) is 5.06. The van der Waals surface area contributed by atoms with Gasteiger partial charge in [0, 0.05) is 13.1 Å². The number of benzene rings is 2. The van der Waals surface area contributed by atoms with Gasteiger partial charge in [-0.15, -0.1) is 0 Å². The normalized spacial score (nSPS) is 18.8. The molecular weight excluding hydrogens is 346 g/mol. The summed E-state index contributed by atoms with van der Waals surface area (Å²) in [5.74, 6) is 0.244. The smallest absolute Gasteiger partial charge is 0.243 e. The molecule has 1 atom stereocenters. The minimum absolute atomic E-state index is 0.244. The van der Waals surface area contributed by atoms with Crippen LogP contribution in [0.1, 0.15) is 29.5 Å². The van der Waals surface area contributed by atoms with Crippen LogP contribution in [-0.4, -0.2) is 32.4 Å². The lowest BCUT2D eigenvalue weighted by molar-refractivity contribution is 0.0672. The maximum Gasteiger partial charge on any atom is 0.243 e. The minimum atomic E-state index is -3.43. The highest BCUT2D eigenvalue weighted by molar-refractivity contribution is 7.89. The highest BCUT2D eigenvalue weighted by atomic mass is 32.2. The van der Waals surface area contributed by atoms with Crippen LogP contribution < -0.4 is 0 Å². The number of hydrogen-bond acceptors (Lipinski definition) is 3. The molecule has 2 aromatic rings. The largest absolute Gasteiger partial charge is 0.376 e. The Hall–Kier alpha value is -1.69. The van der Waals surface area contributed by atoms with Crippen molar-refractivity contribution in [3.63, 3.8) is 0 Å². The van der Waals surface area contributed by atoms with E-state index in [1.165, 1.54) is 0 Å². The molecule has 5 heteroatoms. The van der Waals surface area contributed by atoms with Gasteiger partial charge in [0.05, 0.1) is 18.1 Å². The average molecular weight is 374 g/mol. The zero-order valence-corrected chi connectivity index (χ0v) is 16.3. The number of sulfonamides is 1. The van der Waals surface area contributed by atoms with Gasteiger partial charge in [-0.1, -0.05) is 36.4 Å². The van der Waals surface area contributed by atoms with Crippen molar-refractivity contribution in [2.45, 2.75) is 38.2 Å². The number of piperidine rings is 1. The summed E-state index contributed by atoms with van der Waals surface area (Å²) < 4.78 is 33.4. The van der Waals surface area contributed by atoms with Crippen LogP contribution in [0.25, 0.3) is 0 Å². The topological polar surface area (TPSA) is 46.6 Å². The van der Waals surface area contributed by atoms with Crippen molar-refractivity contribution in [1.29, 1.82) is 0 Å². The first-order valence-corrected chi connectivity index (χ1v) is 10.6. The lowest BCUT2D eigenvalue weighted by atomic mass is 10.0. The SMILES string of the molecule is Cc1ccc(S(=O)(=O)N2CCCC(COCc3ccccc3)C2)cc1C. The first-order valence-electron chi connectivity index (χ1n) is 9.16. The summed E-state index contributed by atoms with van der Waals surface area (Å²) in [6.45, 7) is 6.22. The summed E-state index contributed by atoms with van der Waals surface area (Å²) in [6.07, 6.45) is 1.89. The average Bonchev–Trinajstić information content (AvgIpc) is 2.65. The van der Waals surface area contributed by atoms with E-state index >= 15 is 0 Å². The summed E-state index contributed by atoms with van der Waals surface area (Å²) in [7, 11) is -3.43. The molecular formula is C21H27NO3S. The second-order valence-corrected chi connectivity index (χ2v) is 9.06. The van der Waals surface area contributed by atoms with Crippen LogP contribution in [0.2, 0.25) is 0 Å². The summed E-state index contributed by atoms with van der Waals surface area (Å²) in [4.78, 5) is 0.395. The number of rotatable bonds is 6. The van der Waals surface area contributed by atoms with Gasteiger partial charge in [-0.25, -0.2) is 8.42 Å². The van der Waals surface area contributed by atoms with E-state index in [2.05, 4.69) is 0 Å². The van der Waals surface area contributed by atoms with E-state index in [1.54, 1.807) is 16.4 Å². The van der Waals surface area contributed by atoms with E-state index in [9.17, 15) is 8.42 Å². The molecule has 1 saturated heterocycles. The van der Waals surface area contributed by atoms with Crippen molar-refractivity contribution in [1.82, 2.24) is 4.31 Å². The molecule has 1 fully saturated rings. The fourth-order valence-electron chi connectivity index (χ4n) is 3.32. The lowest BCUT2D eigenvalue weighted by Gasteiger charge is -2.32. The van der Waals surface area contributed by atoms with Gasteiger partial charge in [-0.2, -0.15) is 4.31 Å². The Labute approximate surface area is 156 Å². The van der Waals surface area contributed by atoms with Crippen LogP contribution in [0.15, 0.2) is 53.4 Å². The summed E-state index contributed by atoms with van der Waals surface area (Å²) in [5.41, 5.74) is 3.25. The predicted molar refractivity (Wildman–Crippen MR) is 103 cm³/mol. The third kappa shape index (κ3) is 4.53. The van der Waals surface area contributed by atoms with Crippen molar-refractivity contribution >= 4 is 10.0 Å². The van der Waals surface area contributed by atoms with Gasteiger partial charge >= 0.3 is 0 Å². The zero-order chi connectivity index (χ0) is 18.6. The Balaban J connectivity index is 1.61. The first kappa shape index (κ1) is 19.1. The first-order chi connectivity index (χ1) is 12.5. The molecule has 0 radical (unpaired) electrons. The van der Waals surface area contributed by atoms with Crippen LogP contribution in [0.3, 0.4) is 0 Å². The molecule has 0 bridgehead atoms. The van der Waals surface area contributed by atoms with Crippen molar-refractivity contribution in [2.24, 2.45) is 5.92 Å². The maximum absolute atomic E-state index is 13.0. The highest BCUT2D eigenvalue weighted by Gasteiger charge is 2.30. The molecule has 26 heavy (non-hydrogen) atoms. The number of aryl methyl sites for hydroxylation is 2. The van der Waals surface area contributed by atoms with Crippen molar-refractivity contribution in [3.05, 3.63) is 65.2 Å². The number of nitrogens with zero attached hydrogens (tertiary/aromatic N) is 1. The van der Waals surface area contributed by atoms with Crippen LogP contribution in [0, 0.1) is 19.8 Å². The summed E-state index contributed by atoms with van der Waals surface area (Å²) in [5, 5.41) is 0. The Morgan fingerprint density at radius 3 is 2.58 bits per heavy atom. The van der Waals surface area contributed by atoms with Crippen molar-refractivity contribution in [3.8, 4) is 0 Å². The van der Waals surface area contributed by atoms with Crippen LogP contribution in [-0.2, 0) is 21.4 Å². The predicted octanol–water partition coefficient (Wildman–Crippen LogP) is 3.92. The van der Waals surface area contributed by atoms with Crippen molar-refractivity contribution < 1.29 is 13.2 Å². The molecule has 4 nitrogen and oxygen atoms in total. The Bertz CT molecular complexity index is 834. The second kappa shape index (κ2) is 8.33. The van der Waals surface area contributed by atoms with E-state index in [0.29, 0.717) is 31.2 Å². The Morgan fingerprint density at radius 1 is 1.08 bits per heavy atom. The molecule has 1 heterocycles. The molecule has 0 N–H and O–H groups in total. The van der Waals surface area contributed by atoms with E-state index in [-0.39, 0.29) is 5.92 Å². The fraction of sp³-hybridized carbons (Fsp3) is 0.429. The molecule has 2 aromatic carbocycles. The zero-order valence-electron chi connectivity index (χ0n) is 15.5. The Morgan fingerprint density at radius 2 is 1.85 bits per heavy atom. The molecule has 1 aliphatic rings. The Kier molecular flexibility index (Phi) is 6.12. The van der Waals surface area contributed by atoms with Crippen molar-refractivity contribution in [2.75, 3.05) is 19.7 Å². The lowest BCUT2D eigenvalue weighted by Crippen LogP contribution is -2.41. The third-order valence-corrected chi connectivity index (χ3v) is 6.92. The van der Waals surface area contributed by atoms with E-state index in [0.717, 1.165) is 29.5 Å². The number of ether oxygens (including phenoxy) is 1. The molecule has 1 unspecified atom stereocenters. The molecule has 0 aliphatic carbocycles. The molecule has 3 rings (SSSR count). The van der Waals surface area contributed by atoms with Gasteiger partial charge < -0.3 is 4.74 Å². The van der Waals surface area contributed by atoms with Crippen LogP contribution >= 0.6 is 0 Å². The second-order valence-electron chi connectivity index (χ2n) is 7.12. The van der Waals surface area contributed by atoms with Gasteiger partial charge in [0.2, 0.25) is 10.0 Å². The standard InChI is InChI=1S/C21H27NO3S/c1-17-10-11-21(13-18(17)2)26(23,24)22-12-6-9-20(14-22)16-25-15-19-7-4-3-5-8-19/h3-5,7-8,10-11,13,20H,6,9,12,14-16H2,1-2H3. The van der Waals surface area contributed by atoms with Gasteiger partial charge in [0.1, 0.15) is 0 Å². The number of hydrogen-bond donors (Lipinski definition) is 0.